The van der Waals surface area contributed by atoms with Crippen LogP contribution < -0.4 is 10.1 Å². The minimum atomic E-state index is 0.592. The number of ether oxygens (including phenoxy) is 1. The second-order valence-electron chi connectivity index (χ2n) is 5.04. The van der Waals surface area contributed by atoms with E-state index < -0.39 is 0 Å². The molecule has 1 aliphatic rings. The number of methoxy groups -OCH3 is 1. The first-order chi connectivity index (χ1) is 8.79. The summed E-state index contributed by atoms with van der Waals surface area (Å²) in [5, 5.41) is 4.28. The van der Waals surface area contributed by atoms with E-state index in [9.17, 15) is 0 Å². The van der Waals surface area contributed by atoms with Crippen molar-refractivity contribution in [2.24, 2.45) is 0 Å². The van der Waals surface area contributed by atoms with Gasteiger partial charge in [-0.05, 0) is 31.0 Å². The molecule has 1 aromatic carbocycles. The molecule has 3 heteroatoms. The summed E-state index contributed by atoms with van der Waals surface area (Å²) in [5.74, 6) is 0.736. The monoisotopic (exact) mass is 267 g/mol. The molecule has 18 heavy (non-hydrogen) atoms. The van der Waals surface area contributed by atoms with Crippen LogP contribution in [0, 0.1) is 0 Å². The van der Waals surface area contributed by atoms with Gasteiger partial charge in [0, 0.05) is 11.7 Å². The van der Waals surface area contributed by atoms with Gasteiger partial charge in [-0.2, -0.15) is 0 Å². The molecule has 0 atom stereocenters. The predicted octanol–water partition coefficient (Wildman–Crippen LogP) is 4.87. The van der Waals surface area contributed by atoms with Gasteiger partial charge in [0.2, 0.25) is 0 Å². The molecule has 0 spiro atoms. The summed E-state index contributed by atoms with van der Waals surface area (Å²) in [6, 6.07) is 6.52. The third-order valence-corrected chi connectivity index (χ3v) is 3.92. The van der Waals surface area contributed by atoms with Crippen LogP contribution >= 0.6 is 11.6 Å². The van der Waals surface area contributed by atoms with Gasteiger partial charge in [0.05, 0.1) is 12.1 Å². The topological polar surface area (TPSA) is 21.3 Å². The summed E-state index contributed by atoms with van der Waals surface area (Å²) in [6.45, 7) is 0. The van der Waals surface area contributed by atoms with Gasteiger partial charge in [0.25, 0.3) is 0 Å². The van der Waals surface area contributed by atoms with Crippen molar-refractivity contribution in [2.45, 2.75) is 51.0 Å². The Labute approximate surface area is 115 Å². The zero-order valence-corrected chi connectivity index (χ0v) is 11.8. The summed E-state index contributed by atoms with van der Waals surface area (Å²) in [7, 11) is 1.64. The lowest BCUT2D eigenvalue weighted by Gasteiger charge is -2.22. The summed E-state index contributed by atoms with van der Waals surface area (Å²) in [5.41, 5.74) is 1.10. The Balaban J connectivity index is 1.96. The molecule has 0 saturated heterocycles. The summed E-state index contributed by atoms with van der Waals surface area (Å²) in [4.78, 5) is 0. The minimum absolute atomic E-state index is 0.592. The van der Waals surface area contributed by atoms with Gasteiger partial charge in [-0.15, -0.1) is 0 Å². The molecule has 2 rings (SSSR count). The minimum Gasteiger partial charge on any atom is -0.495 e. The molecule has 2 nitrogen and oxygen atoms in total. The molecular weight excluding hydrogens is 246 g/mol. The van der Waals surface area contributed by atoms with Crippen molar-refractivity contribution < 1.29 is 4.74 Å². The van der Waals surface area contributed by atoms with Gasteiger partial charge in [-0.25, -0.2) is 0 Å². The van der Waals surface area contributed by atoms with E-state index in [0.717, 1.165) is 11.4 Å². The van der Waals surface area contributed by atoms with Gasteiger partial charge in [-0.3, -0.25) is 0 Å². The van der Waals surface area contributed by atoms with E-state index in [4.69, 9.17) is 16.3 Å². The van der Waals surface area contributed by atoms with Crippen LogP contribution in [0.2, 0.25) is 5.02 Å². The van der Waals surface area contributed by atoms with Crippen LogP contribution in [0.25, 0.3) is 0 Å². The van der Waals surface area contributed by atoms with Crippen molar-refractivity contribution in [1.82, 2.24) is 0 Å². The Kier molecular flexibility index (Phi) is 5.18. The molecule has 0 bridgehead atoms. The quantitative estimate of drug-likeness (QED) is 0.843. The first kappa shape index (κ1) is 13.5. The Morgan fingerprint density at radius 1 is 1.11 bits per heavy atom. The van der Waals surface area contributed by atoms with Crippen molar-refractivity contribution in [3.63, 3.8) is 0 Å². The maximum absolute atomic E-state index is 6.14. The molecule has 1 N–H and O–H groups in total. The maximum Gasteiger partial charge on any atom is 0.137 e. The third kappa shape index (κ3) is 3.81. The Morgan fingerprint density at radius 3 is 2.39 bits per heavy atom. The average Bonchev–Trinajstić information content (AvgIpc) is 2.33. The third-order valence-electron chi connectivity index (χ3n) is 3.63. The molecule has 1 fully saturated rings. The highest BCUT2D eigenvalue weighted by atomic mass is 35.5. The van der Waals surface area contributed by atoms with E-state index >= 15 is 0 Å². The lowest BCUT2D eigenvalue weighted by molar-refractivity contribution is 0.415. The zero-order valence-electron chi connectivity index (χ0n) is 11.0. The number of nitrogens with one attached hydrogen (secondary N) is 1. The number of benzene rings is 1. The first-order valence-corrected chi connectivity index (χ1v) is 7.27. The fourth-order valence-electron chi connectivity index (χ4n) is 2.59. The number of hydrogen-bond donors (Lipinski definition) is 1. The molecule has 0 amide bonds. The zero-order chi connectivity index (χ0) is 12.8. The van der Waals surface area contributed by atoms with Crippen molar-refractivity contribution in [3.05, 3.63) is 23.2 Å². The summed E-state index contributed by atoms with van der Waals surface area (Å²) in [6.07, 6.45) is 9.36. The van der Waals surface area contributed by atoms with Crippen molar-refractivity contribution in [1.29, 1.82) is 0 Å². The predicted molar refractivity (Wildman–Crippen MR) is 77.7 cm³/mol. The number of rotatable bonds is 3. The summed E-state index contributed by atoms with van der Waals surface area (Å²) < 4.78 is 5.17. The van der Waals surface area contributed by atoms with Crippen LogP contribution in [-0.2, 0) is 0 Å². The highest BCUT2D eigenvalue weighted by Crippen LogP contribution is 2.28. The van der Waals surface area contributed by atoms with Crippen LogP contribution in [0.3, 0.4) is 0 Å². The van der Waals surface area contributed by atoms with E-state index in [1.54, 1.807) is 7.11 Å². The van der Waals surface area contributed by atoms with Crippen LogP contribution in [0.1, 0.15) is 44.9 Å². The highest BCUT2D eigenvalue weighted by Gasteiger charge is 2.11. The largest absolute Gasteiger partial charge is 0.495 e. The second-order valence-corrected chi connectivity index (χ2v) is 5.44. The molecule has 0 radical (unpaired) electrons. The van der Waals surface area contributed by atoms with Gasteiger partial charge >= 0.3 is 0 Å². The first-order valence-electron chi connectivity index (χ1n) is 6.89. The molecule has 0 aliphatic heterocycles. The highest BCUT2D eigenvalue weighted by molar-refractivity contribution is 6.32. The van der Waals surface area contributed by atoms with E-state index in [1.165, 1.54) is 44.9 Å². The number of halogens is 1. The van der Waals surface area contributed by atoms with Gasteiger partial charge in [0.15, 0.2) is 0 Å². The fourth-order valence-corrected chi connectivity index (χ4v) is 2.85. The molecular formula is C15H22ClNO. The molecule has 1 aliphatic carbocycles. The fraction of sp³-hybridized carbons (Fsp3) is 0.600. The van der Waals surface area contributed by atoms with Gasteiger partial charge < -0.3 is 10.1 Å². The van der Waals surface area contributed by atoms with E-state index in [0.29, 0.717) is 11.1 Å². The molecule has 0 heterocycles. The lowest BCUT2D eigenvalue weighted by Crippen LogP contribution is -2.20. The second kappa shape index (κ2) is 6.89. The normalized spacial score (nSPS) is 17.9. The van der Waals surface area contributed by atoms with Gasteiger partial charge in [-0.1, -0.05) is 43.7 Å². The SMILES string of the molecule is COc1ccc(NC2CCCCCCC2)cc1Cl. The molecule has 1 saturated carbocycles. The van der Waals surface area contributed by atoms with Gasteiger partial charge in [0.1, 0.15) is 5.75 Å². The summed E-state index contributed by atoms with van der Waals surface area (Å²) >= 11 is 6.14. The molecule has 0 unspecified atom stereocenters. The van der Waals surface area contributed by atoms with Crippen LogP contribution in [-0.4, -0.2) is 13.2 Å². The van der Waals surface area contributed by atoms with Crippen molar-refractivity contribution in [2.75, 3.05) is 12.4 Å². The average molecular weight is 268 g/mol. The number of anilines is 1. The van der Waals surface area contributed by atoms with Crippen molar-refractivity contribution in [3.8, 4) is 5.75 Å². The molecule has 100 valence electrons. The molecule has 0 aromatic heterocycles. The van der Waals surface area contributed by atoms with E-state index in [1.807, 2.05) is 18.2 Å². The van der Waals surface area contributed by atoms with E-state index in [-0.39, 0.29) is 0 Å². The van der Waals surface area contributed by atoms with Crippen LogP contribution in [0.15, 0.2) is 18.2 Å². The van der Waals surface area contributed by atoms with Crippen LogP contribution in [0.4, 0.5) is 5.69 Å². The Bertz CT molecular complexity index is 373. The maximum atomic E-state index is 6.14. The Hall–Kier alpha value is -0.890. The van der Waals surface area contributed by atoms with Crippen molar-refractivity contribution >= 4 is 17.3 Å². The Morgan fingerprint density at radius 2 is 1.78 bits per heavy atom. The standard InChI is InChI=1S/C15H22ClNO/c1-18-15-10-9-13(11-14(15)16)17-12-7-5-3-2-4-6-8-12/h9-12,17H,2-8H2,1H3. The molecule has 1 aromatic rings. The number of hydrogen-bond acceptors (Lipinski definition) is 2. The lowest BCUT2D eigenvalue weighted by atomic mass is 9.96. The smallest absolute Gasteiger partial charge is 0.137 e. The van der Waals surface area contributed by atoms with Crippen LogP contribution in [0.5, 0.6) is 5.75 Å². The van der Waals surface area contributed by atoms with E-state index in [2.05, 4.69) is 5.32 Å².